The number of aromatic nitrogens is 1. The quantitative estimate of drug-likeness (QED) is 0.216. The van der Waals surface area contributed by atoms with Crippen LogP contribution in [0.25, 0.3) is 32.1 Å². The lowest BCUT2D eigenvalue weighted by molar-refractivity contribution is -0.659. The maximum Gasteiger partial charge on any atom is 0.261 e. The number of para-hydroxylation sites is 1. The van der Waals surface area contributed by atoms with Gasteiger partial charge in [0.05, 0.1) is 27.4 Å². The maximum absolute atomic E-state index is 11.8. The molecule has 1 aliphatic heterocycles. The summed E-state index contributed by atoms with van der Waals surface area (Å²) in [5.41, 5.74) is 5.83. The summed E-state index contributed by atoms with van der Waals surface area (Å²) in [7, 11) is -3.44. The standard InChI is InChI=1S/C29H29N3O2S3/c1-4-21(18-29-32(20-30-37(3,33)34)24-13-9-10-14-26(24)35-29)17-28-31(5-2)25-19-23(15-16-27(25)36-28)22-11-7-6-8-12-22/h6-19H,4-5,20H2,1-3H3. The summed E-state index contributed by atoms with van der Waals surface area (Å²) in [6.07, 6.45) is 6.42. The van der Waals surface area contributed by atoms with E-state index in [1.807, 2.05) is 28.8 Å². The summed E-state index contributed by atoms with van der Waals surface area (Å²) in [4.78, 5) is 3.63. The second-order valence-corrected chi connectivity index (χ2v) is 12.6. The van der Waals surface area contributed by atoms with Gasteiger partial charge in [0.1, 0.15) is 4.70 Å². The van der Waals surface area contributed by atoms with Crippen molar-refractivity contribution in [3.8, 4) is 11.1 Å². The Morgan fingerprint density at radius 2 is 1.76 bits per heavy atom. The van der Waals surface area contributed by atoms with E-state index in [1.54, 1.807) is 23.1 Å². The monoisotopic (exact) mass is 547 g/mol. The summed E-state index contributed by atoms with van der Waals surface area (Å²) in [6, 6.07) is 25.2. The number of fused-ring (bicyclic) bond motifs is 2. The van der Waals surface area contributed by atoms with Crippen LogP contribution in [0.15, 0.2) is 94.4 Å². The molecule has 0 saturated heterocycles. The predicted octanol–water partition coefficient (Wildman–Crippen LogP) is 7.41. The van der Waals surface area contributed by atoms with E-state index in [0.29, 0.717) is 0 Å². The first-order valence-corrected chi connectivity index (χ1v) is 15.7. The van der Waals surface area contributed by atoms with E-state index in [1.165, 1.54) is 32.3 Å². The molecule has 3 aromatic carbocycles. The average Bonchev–Trinajstić information content (AvgIpc) is 3.43. The van der Waals surface area contributed by atoms with Gasteiger partial charge in [-0.2, -0.15) is 0 Å². The zero-order chi connectivity index (χ0) is 26.0. The second-order valence-electron chi connectivity index (χ2n) is 8.79. The molecular formula is C29H29N3O2S3. The average molecular weight is 548 g/mol. The molecular weight excluding hydrogens is 519 g/mol. The normalized spacial score (nSPS) is 15.1. The third-order valence-corrected chi connectivity index (χ3v) is 9.06. The minimum atomic E-state index is -3.44. The zero-order valence-electron chi connectivity index (χ0n) is 21.1. The van der Waals surface area contributed by atoms with Crippen LogP contribution < -0.4 is 9.47 Å². The van der Waals surface area contributed by atoms with Gasteiger partial charge >= 0.3 is 0 Å². The van der Waals surface area contributed by atoms with Gasteiger partial charge in [0.25, 0.3) is 5.01 Å². The Labute approximate surface area is 227 Å². The topological polar surface area (TPSA) is 55.4 Å². The van der Waals surface area contributed by atoms with Gasteiger partial charge < -0.3 is 9.62 Å². The Morgan fingerprint density at radius 1 is 1.00 bits per heavy atom. The molecule has 0 N–H and O–H groups in total. The van der Waals surface area contributed by atoms with Crippen LogP contribution in [0.3, 0.4) is 0 Å². The molecule has 1 aromatic heterocycles. The molecule has 0 atom stereocenters. The van der Waals surface area contributed by atoms with Crippen molar-refractivity contribution in [1.29, 1.82) is 0 Å². The first kappa shape index (κ1) is 25.7. The fourth-order valence-corrected chi connectivity index (χ4v) is 7.02. The molecule has 190 valence electrons. The number of nitrogens with zero attached hydrogens (tertiary/aromatic N) is 3. The smallest absolute Gasteiger partial charge is 0.261 e. The van der Waals surface area contributed by atoms with E-state index in [-0.39, 0.29) is 6.67 Å². The number of sulfonamides is 1. The highest BCUT2D eigenvalue weighted by Crippen LogP contribution is 2.47. The van der Waals surface area contributed by atoms with Gasteiger partial charge in [-0.15, -0.1) is 0 Å². The summed E-state index contributed by atoms with van der Waals surface area (Å²) < 4.78 is 30.5. The van der Waals surface area contributed by atoms with Crippen molar-refractivity contribution >= 4 is 55.1 Å². The molecule has 0 saturated carbocycles. The Bertz CT molecular complexity index is 1610. The lowest BCUT2D eigenvalue weighted by Crippen LogP contribution is -2.35. The fourth-order valence-electron chi connectivity index (χ4n) is 4.38. The summed E-state index contributed by atoms with van der Waals surface area (Å²) in [5, 5.41) is 2.18. The number of allylic oxidation sites excluding steroid dienone is 2. The first-order valence-electron chi connectivity index (χ1n) is 12.2. The van der Waals surface area contributed by atoms with Crippen LogP contribution >= 0.6 is 23.1 Å². The van der Waals surface area contributed by atoms with Gasteiger partial charge in [-0.25, -0.2) is 13.0 Å². The van der Waals surface area contributed by atoms with Crippen LogP contribution in [0.1, 0.15) is 25.3 Å². The third-order valence-electron chi connectivity index (χ3n) is 6.25. The number of hydrogen-bond acceptors (Lipinski definition) is 5. The molecule has 5 nitrogen and oxygen atoms in total. The van der Waals surface area contributed by atoms with Crippen molar-refractivity contribution in [3.05, 3.63) is 99.2 Å². The van der Waals surface area contributed by atoms with Crippen molar-refractivity contribution in [2.45, 2.75) is 31.8 Å². The van der Waals surface area contributed by atoms with Gasteiger partial charge in [0, 0.05) is 29.8 Å². The van der Waals surface area contributed by atoms with E-state index < -0.39 is 10.0 Å². The van der Waals surface area contributed by atoms with Crippen LogP contribution in [0.4, 0.5) is 5.69 Å². The predicted molar refractivity (Wildman–Crippen MR) is 157 cm³/mol. The van der Waals surface area contributed by atoms with E-state index in [0.717, 1.165) is 34.4 Å². The molecule has 8 heteroatoms. The van der Waals surface area contributed by atoms with Crippen LogP contribution in [-0.4, -0.2) is 21.2 Å². The Kier molecular flexibility index (Phi) is 7.53. The molecule has 0 aliphatic carbocycles. The molecule has 1 aliphatic rings. The molecule has 0 spiro atoms. The number of thiazole rings is 1. The summed E-state index contributed by atoms with van der Waals surface area (Å²) in [6.45, 7) is 5.28. The third kappa shape index (κ3) is 5.67. The summed E-state index contributed by atoms with van der Waals surface area (Å²) in [5.74, 6) is 0. The number of rotatable bonds is 8. The van der Waals surface area contributed by atoms with E-state index in [4.69, 9.17) is 0 Å². The van der Waals surface area contributed by atoms with Gasteiger partial charge in [0.2, 0.25) is 5.52 Å². The van der Waals surface area contributed by atoms with Gasteiger partial charge in [-0.3, -0.25) is 0 Å². The minimum absolute atomic E-state index is 0.0752. The number of thioether (sulfide) groups is 1. The molecule has 0 fully saturated rings. The number of benzene rings is 3. The largest absolute Gasteiger partial charge is 0.491 e. The lowest BCUT2D eigenvalue weighted by atomic mass is 10.0. The molecule has 0 amide bonds. The van der Waals surface area contributed by atoms with Crippen LogP contribution in [0.2, 0.25) is 0 Å². The van der Waals surface area contributed by atoms with Crippen molar-refractivity contribution in [1.82, 2.24) is 0 Å². The van der Waals surface area contributed by atoms with E-state index >= 15 is 0 Å². The zero-order valence-corrected chi connectivity index (χ0v) is 23.5. The highest BCUT2D eigenvalue weighted by molar-refractivity contribution is 8.03. The molecule has 37 heavy (non-hydrogen) atoms. The van der Waals surface area contributed by atoms with Gasteiger partial charge in [0.15, 0.2) is 0 Å². The highest BCUT2D eigenvalue weighted by Gasteiger charge is 2.25. The minimum Gasteiger partial charge on any atom is -0.491 e. The fraction of sp³-hybridized carbons (Fsp3) is 0.207. The Hall–Kier alpha value is -2.91. The first-order chi connectivity index (χ1) is 17.9. The lowest BCUT2D eigenvalue weighted by Gasteiger charge is -2.19. The van der Waals surface area contributed by atoms with Crippen LogP contribution in [0, 0.1) is 0 Å². The van der Waals surface area contributed by atoms with Crippen molar-refractivity contribution in [2.24, 2.45) is 0 Å². The number of anilines is 1. The molecule has 0 unspecified atom stereocenters. The van der Waals surface area contributed by atoms with Gasteiger partial charge in [-0.1, -0.05) is 78.6 Å². The second kappa shape index (κ2) is 10.8. The van der Waals surface area contributed by atoms with Crippen molar-refractivity contribution in [2.75, 3.05) is 17.7 Å². The number of hydrogen-bond donors (Lipinski definition) is 0. The molecule has 5 rings (SSSR count). The van der Waals surface area contributed by atoms with Crippen LogP contribution in [0.5, 0.6) is 0 Å². The Morgan fingerprint density at radius 3 is 2.49 bits per heavy atom. The molecule has 4 aromatic rings. The van der Waals surface area contributed by atoms with Gasteiger partial charge in [-0.05, 0) is 54.3 Å². The molecule has 0 radical (unpaired) electrons. The SMILES string of the molecule is CC/C(C=C1Sc2ccc(-c3ccccc3)cc2N1CC)=C\c1sc2ccccc2[n+]1C[N-]S(C)(=O)=O. The van der Waals surface area contributed by atoms with E-state index in [2.05, 4.69) is 84.2 Å². The molecule has 0 bridgehead atoms. The Balaban J connectivity index is 1.51. The summed E-state index contributed by atoms with van der Waals surface area (Å²) >= 11 is 3.45. The van der Waals surface area contributed by atoms with E-state index in [9.17, 15) is 8.42 Å². The molecule has 2 heterocycles. The van der Waals surface area contributed by atoms with Crippen molar-refractivity contribution < 1.29 is 13.0 Å². The van der Waals surface area contributed by atoms with Crippen molar-refractivity contribution in [3.63, 3.8) is 0 Å². The highest BCUT2D eigenvalue weighted by atomic mass is 32.2. The maximum atomic E-state index is 11.8. The van der Waals surface area contributed by atoms with Crippen LogP contribution in [-0.2, 0) is 16.7 Å².